The molecule has 6 heteroatoms. The van der Waals surface area contributed by atoms with Crippen molar-refractivity contribution in [3.05, 3.63) is 94.0 Å². The van der Waals surface area contributed by atoms with Gasteiger partial charge in [-0.25, -0.2) is 13.2 Å². The molecule has 2 N–H and O–H groups in total. The Morgan fingerprint density at radius 1 is 0.900 bits per heavy atom. The van der Waals surface area contributed by atoms with Crippen LogP contribution in [0.1, 0.15) is 38.2 Å². The number of sulfonamides is 1. The number of anilines is 1. The van der Waals surface area contributed by atoms with Crippen LogP contribution in [0.4, 0.5) is 5.69 Å². The number of aryl methyl sites for hydroxylation is 5. The highest BCUT2D eigenvalue weighted by Gasteiger charge is 2.20. The lowest BCUT2D eigenvalue weighted by molar-refractivity contribution is 0.0695. The fourth-order valence-electron chi connectivity index (χ4n) is 3.76. The number of aromatic carboxylic acids is 1. The SMILES string of the molecule is Cc1cc(C)c(S(=O)(=O)Nc2ccc(CCc3ccccc3C(=O)O)cc2)c(C)c1. The van der Waals surface area contributed by atoms with Crippen molar-refractivity contribution >= 4 is 21.7 Å². The van der Waals surface area contributed by atoms with Gasteiger partial charge < -0.3 is 5.11 Å². The Morgan fingerprint density at radius 3 is 2.10 bits per heavy atom. The Morgan fingerprint density at radius 2 is 1.50 bits per heavy atom. The number of benzene rings is 3. The van der Waals surface area contributed by atoms with Crippen LogP contribution in [0, 0.1) is 20.8 Å². The lowest BCUT2D eigenvalue weighted by Crippen LogP contribution is -2.16. The van der Waals surface area contributed by atoms with Crippen molar-refractivity contribution in [2.75, 3.05) is 4.72 Å². The molecule has 0 aliphatic rings. The third-order valence-corrected chi connectivity index (χ3v) is 6.70. The van der Waals surface area contributed by atoms with E-state index in [2.05, 4.69) is 4.72 Å². The predicted octanol–water partition coefficient (Wildman–Crippen LogP) is 4.90. The molecule has 0 fully saturated rings. The van der Waals surface area contributed by atoms with E-state index in [0.29, 0.717) is 40.1 Å². The molecule has 0 saturated carbocycles. The molecule has 3 aromatic carbocycles. The zero-order valence-electron chi connectivity index (χ0n) is 17.3. The van der Waals surface area contributed by atoms with E-state index >= 15 is 0 Å². The topological polar surface area (TPSA) is 83.5 Å². The van der Waals surface area contributed by atoms with E-state index < -0.39 is 16.0 Å². The van der Waals surface area contributed by atoms with E-state index in [-0.39, 0.29) is 0 Å². The van der Waals surface area contributed by atoms with Gasteiger partial charge in [0.15, 0.2) is 0 Å². The summed E-state index contributed by atoms with van der Waals surface area (Å²) in [6.45, 7) is 5.54. The molecule has 0 unspecified atom stereocenters. The molecular formula is C24H25NO4S. The summed E-state index contributed by atoms with van der Waals surface area (Å²) in [7, 11) is -3.69. The normalized spacial score (nSPS) is 11.3. The van der Waals surface area contributed by atoms with E-state index in [1.807, 2.05) is 43.3 Å². The van der Waals surface area contributed by atoms with Crippen LogP contribution in [0.5, 0.6) is 0 Å². The molecule has 0 radical (unpaired) electrons. The fourth-order valence-corrected chi connectivity index (χ4v) is 5.28. The summed E-state index contributed by atoms with van der Waals surface area (Å²) in [5, 5.41) is 9.29. The van der Waals surface area contributed by atoms with Gasteiger partial charge in [0.1, 0.15) is 0 Å². The van der Waals surface area contributed by atoms with E-state index in [1.165, 1.54) is 0 Å². The standard InChI is InChI=1S/C24H25NO4S/c1-16-14-17(2)23(18(3)15-16)30(28,29)25-21-12-9-19(10-13-21)8-11-20-6-4-5-7-22(20)24(26)27/h4-7,9-10,12-15,25H,8,11H2,1-3H3,(H,26,27). The Hall–Kier alpha value is -3.12. The van der Waals surface area contributed by atoms with Crippen molar-refractivity contribution in [2.45, 2.75) is 38.5 Å². The maximum atomic E-state index is 12.9. The molecule has 0 aliphatic carbocycles. The molecule has 0 amide bonds. The Balaban J connectivity index is 1.73. The van der Waals surface area contributed by atoms with E-state index in [0.717, 1.165) is 16.7 Å². The van der Waals surface area contributed by atoms with E-state index in [4.69, 9.17) is 0 Å². The summed E-state index contributed by atoms with van der Waals surface area (Å²) >= 11 is 0. The van der Waals surface area contributed by atoms with Gasteiger partial charge in [0.2, 0.25) is 0 Å². The van der Waals surface area contributed by atoms with Crippen molar-refractivity contribution in [3.8, 4) is 0 Å². The van der Waals surface area contributed by atoms with Gasteiger partial charge in [-0.15, -0.1) is 0 Å². The van der Waals surface area contributed by atoms with Gasteiger partial charge >= 0.3 is 5.97 Å². The number of carboxylic acids is 1. The first-order valence-electron chi connectivity index (χ1n) is 9.68. The van der Waals surface area contributed by atoms with Crippen LogP contribution in [0.3, 0.4) is 0 Å². The van der Waals surface area contributed by atoms with Crippen LogP contribution >= 0.6 is 0 Å². The van der Waals surface area contributed by atoms with Gasteiger partial charge in [0.25, 0.3) is 10.0 Å². The van der Waals surface area contributed by atoms with Crippen LogP contribution in [0.2, 0.25) is 0 Å². The van der Waals surface area contributed by atoms with Crippen LogP contribution in [0.15, 0.2) is 65.6 Å². The highest BCUT2D eigenvalue weighted by molar-refractivity contribution is 7.92. The molecule has 5 nitrogen and oxygen atoms in total. The van der Waals surface area contributed by atoms with Gasteiger partial charge in [-0.2, -0.15) is 0 Å². The molecule has 156 valence electrons. The third kappa shape index (κ3) is 4.89. The monoisotopic (exact) mass is 423 g/mol. The third-order valence-electron chi connectivity index (χ3n) is 5.01. The van der Waals surface area contributed by atoms with Crippen molar-refractivity contribution < 1.29 is 18.3 Å². The molecule has 0 bridgehead atoms. The number of hydrogen-bond donors (Lipinski definition) is 2. The fraction of sp³-hybridized carbons (Fsp3) is 0.208. The zero-order valence-corrected chi connectivity index (χ0v) is 18.1. The first-order chi connectivity index (χ1) is 14.2. The van der Waals surface area contributed by atoms with Crippen molar-refractivity contribution in [1.82, 2.24) is 0 Å². The van der Waals surface area contributed by atoms with Crippen molar-refractivity contribution in [3.63, 3.8) is 0 Å². The smallest absolute Gasteiger partial charge is 0.335 e. The number of carbonyl (C=O) groups is 1. The van der Waals surface area contributed by atoms with Crippen molar-refractivity contribution in [2.24, 2.45) is 0 Å². The van der Waals surface area contributed by atoms with Crippen LogP contribution in [0.25, 0.3) is 0 Å². The summed E-state index contributed by atoms with van der Waals surface area (Å²) in [5.41, 5.74) is 5.04. The molecule has 0 aliphatic heterocycles. The zero-order chi connectivity index (χ0) is 21.9. The molecule has 30 heavy (non-hydrogen) atoms. The Kier molecular flexibility index (Phi) is 6.27. The Bertz CT molecular complexity index is 1160. The van der Waals surface area contributed by atoms with Crippen LogP contribution < -0.4 is 4.72 Å². The average Bonchev–Trinajstić information content (AvgIpc) is 2.66. The van der Waals surface area contributed by atoms with E-state index in [9.17, 15) is 18.3 Å². The minimum Gasteiger partial charge on any atom is -0.478 e. The maximum absolute atomic E-state index is 12.9. The minimum atomic E-state index is -3.69. The average molecular weight is 424 g/mol. The van der Waals surface area contributed by atoms with Gasteiger partial charge in [0, 0.05) is 5.69 Å². The number of nitrogens with one attached hydrogen (secondary N) is 1. The second kappa shape index (κ2) is 8.71. The van der Waals surface area contributed by atoms with Gasteiger partial charge in [-0.1, -0.05) is 48.0 Å². The number of hydrogen-bond acceptors (Lipinski definition) is 3. The number of rotatable bonds is 7. The lowest BCUT2D eigenvalue weighted by Gasteiger charge is -2.14. The van der Waals surface area contributed by atoms with Crippen LogP contribution in [-0.4, -0.2) is 19.5 Å². The molecule has 0 heterocycles. The number of carboxylic acid groups (broad SMARTS) is 1. The summed E-state index contributed by atoms with van der Waals surface area (Å²) in [6, 6.07) is 17.9. The van der Waals surface area contributed by atoms with Gasteiger partial charge in [0.05, 0.1) is 10.5 Å². The molecule has 3 aromatic rings. The highest BCUT2D eigenvalue weighted by Crippen LogP contribution is 2.24. The maximum Gasteiger partial charge on any atom is 0.335 e. The highest BCUT2D eigenvalue weighted by atomic mass is 32.2. The quantitative estimate of drug-likeness (QED) is 0.566. The molecule has 3 rings (SSSR count). The summed E-state index contributed by atoms with van der Waals surface area (Å²) in [6.07, 6.45) is 1.25. The van der Waals surface area contributed by atoms with Crippen LogP contribution in [-0.2, 0) is 22.9 Å². The first-order valence-corrected chi connectivity index (χ1v) is 11.2. The van der Waals surface area contributed by atoms with E-state index in [1.54, 1.807) is 38.1 Å². The Labute approximate surface area is 177 Å². The lowest BCUT2D eigenvalue weighted by atomic mass is 10.00. The second-order valence-corrected chi connectivity index (χ2v) is 9.11. The second-order valence-electron chi connectivity index (χ2n) is 7.49. The summed E-state index contributed by atoms with van der Waals surface area (Å²) in [4.78, 5) is 11.6. The predicted molar refractivity (Wildman–Crippen MR) is 119 cm³/mol. The molecular weight excluding hydrogens is 398 g/mol. The van der Waals surface area contributed by atoms with Crippen molar-refractivity contribution in [1.29, 1.82) is 0 Å². The molecule has 0 spiro atoms. The van der Waals surface area contributed by atoms with Gasteiger partial charge in [-0.05, 0) is 74.1 Å². The molecule has 0 saturated heterocycles. The van der Waals surface area contributed by atoms with Gasteiger partial charge in [-0.3, -0.25) is 4.72 Å². The summed E-state index contributed by atoms with van der Waals surface area (Å²) in [5.74, 6) is -0.933. The first kappa shape index (κ1) is 21.6. The largest absolute Gasteiger partial charge is 0.478 e. The molecule has 0 atom stereocenters. The summed E-state index contributed by atoms with van der Waals surface area (Å²) < 4.78 is 28.4. The minimum absolute atomic E-state index is 0.308. The molecule has 0 aromatic heterocycles.